The van der Waals surface area contributed by atoms with Crippen molar-refractivity contribution < 1.29 is 31.0 Å². The number of hydrogen-bond acceptors (Lipinski definition) is 6. The molecule has 0 bridgehead atoms. The van der Waals surface area contributed by atoms with E-state index in [9.17, 15) is 5.11 Å². The summed E-state index contributed by atoms with van der Waals surface area (Å²) in [6, 6.07) is 27.7. The molecule has 2 aromatic carbocycles. The fourth-order valence-corrected chi connectivity index (χ4v) is 13.4. The van der Waals surface area contributed by atoms with Crippen molar-refractivity contribution in [3.63, 3.8) is 0 Å². The van der Waals surface area contributed by atoms with Gasteiger partial charge in [-0.05, 0) is 109 Å². The Balaban J connectivity index is 0.00000325. The van der Waals surface area contributed by atoms with Crippen molar-refractivity contribution in [1.29, 1.82) is 0 Å². The zero-order valence-corrected chi connectivity index (χ0v) is 29.2. The fraction of sp³-hybridized carbons (Fsp3) is 0.324. The van der Waals surface area contributed by atoms with Crippen LogP contribution in [-0.2, 0) is 45.2 Å². The second-order valence-corrected chi connectivity index (χ2v) is 17.7. The van der Waals surface area contributed by atoms with Crippen LogP contribution in [0.5, 0.6) is 11.6 Å². The van der Waals surface area contributed by atoms with Crippen LogP contribution in [0, 0.1) is 6.67 Å². The van der Waals surface area contributed by atoms with Gasteiger partial charge in [-0.3, -0.25) is 0 Å². The minimum atomic E-state index is -1.65. The topological polar surface area (TPSA) is 61.7 Å². The molecule has 5 heterocycles. The Morgan fingerprint density at radius 1 is 0.844 bits per heavy atom. The van der Waals surface area contributed by atoms with Gasteiger partial charge in [0, 0.05) is 50.3 Å². The van der Waals surface area contributed by atoms with Gasteiger partial charge in [0.2, 0.25) is 5.88 Å². The summed E-state index contributed by atoms with van der Waals surface area (Å²) in [6.45, 7) is 6.17. The number of hydrogen-bond donors (Lipinski definition) is 1. The molecule has 1 fully saturated rings. The number of hydroxylamine groups is 2. The van der Waals surface area contributed by atoms with Crippen LogP contribution in [0.15, 0.2) is 84.3 Å². The first-order valence-corrected chi connectivity index (χ1v) is 18.9. The summed E-state index contributed by atoms with van der Waals surface area (Å²) in [5, 5.41) is 12.7. The minimum Gasteiger partial charge on any atom is -0.507 e. The van der Waals surface area contributed by atoms with E-state index in [0.717, 1.165) is 40.6 Å². The number of para-hydroxylation sites is 1. The van der Waals surface area contributed by atoms with Gasteiger partial charge in [-0.1, -0.05) is 55.7 Å². The number of anilines is 1. The van der Waals surface area contributed by atoms with Crippen molar-refractivity contribution >= 4 is 13.9 Å². The zero-order valence-electron chi connectivity index (χ0n) is 25.9. The number of rotatable bonds is 5. The molecule has 3 aliphatic heterocycles. The van der Waals surface area contributed by atoms with Crippen LogP contribution in [0.1, 0.15) is 79.7 Å². The van der Waals surface area contributed by atoms with Gasteiger partial charge in [0.25, 0.3) is 0 Å². The van der Waals surface area contributed by atoms with Crippen LogP contribution in [0.2, 0.25) is 0 Å². The number of nitrogens with zero attached hydrogens (tertiary/aromatic N) is 4. The van der Waals surface area contributed by atoms with Crippen LogP contribution in [-0.4, -0.2) is 28.2 Å². The quantitative estimate of drug-likeness (QED) is 0.164. The largest absolute Gasteiger partial charge is 0.507 e. The average Bonchev–Trinajstić information content (AvgIpc) is 3.69. The van der Waals surface area contributed by atoms with E-state index >= 15 is 0 Å². The van der Waals surface area contributed by atoms with Gasteiger partial charge in [-0.2, -0.15) is 0 Å². The molecule has 1 spiro atoms. The maximum Gasteiger partial charge on any atom is 0.243 e. The van der Waals surface area contributed by atoms with Crippen LogP contribution in [0.3, 0.4) is 0 Å². The van der Waals surface area contributed by atoms with Gasteiger partial charge in [-0.25, -0.2) is 9.97 Å². The molecule has 0 radical (unpaired) electrons. The molecule has 1 N–H and O–H groups in total. The molecule has 234 valence electrons. The van der Waals surface area contributed by atoms with Crippen molar-refractivity contribution in [2.24, 2.45) is 0 Å². The Morgan fingerprint density at radius 2 is 1.56 bits per heavy atom. The van der Waals surface area contributed by atoms with Gasteiger partial charge in [0.15, 0.2) is 0 Å². The maximum atomic E-state index is 10.9. The monoisotopic (exact) mass is 794 g/mol. The van der Waals surface area contributed by atoms with E-state index in [2.05, 4.69) is 61.2 Å². The SMILES string of the molecule is CC1=C(C)N(c2cc(C3CCCCC3)ccn2)[CH-]N1Oc1cc2c(c(-c3ccccc3O)n1)C[Si]1(Cc3ccccc3C1)C2.[Pt]. The molecule has 1 saturated carbocycles. The Hall–Kier alpha value is -3.41. The van der Waals surface area contributed by atoms with Gasteiger partial charge in [-0.15, -0.1) is 6.67 Å². The molecule has 4 aliphatic rings. The smallest absolute Gasteiger partial charge is 0.243 e. The molecule has 6 nitrogen and oxygen atoms in total. The number of aromatic nitrogens is 2. The second-order valence-electron chi connectivity index (χ2n) is 13.3. The number of allylic oxidation sites excluding steroid dienone is 2. The Kier molecular flexibility index (Phi) is 8.11. The van der Waals surface area contributed by atoms with E-state index < -0.39 is 8.07 Å². The zero-order chi connectivity index (χ0) is 29.8. The number of pyridine rings is 2. The molecular formula is C37H39N4O2PtSi-. The summed E-state index contributed by atoms with van der Waals surface area (Å²) in [5.74, 6) is 2.35. The molecule has 0 atom stereocenters. The Labute approximate surface area is 281 Å². The Morgan fingerprint density at radius 3 is 2.31 bits per heavy atom. The van der Waals surface area contributed by atoms with Crippen LogP contribution in [0.25, 0.3) is 11.3 Å². The number of phenolic OH excluding ortho intramolecular Hbond substituents is 1. The molecule has 45 heavy (non-hydrogen) atoms. The molecule has 0 unspecified atom stereocenters. The van der Waals surface area contributed by atoms with Gasteiger partial charge >= 0.3 is 0 Å². The molecule has 0 amide bonds. The third kappa shape index (κ3) is 5.52. The van der Waals surface area contributed by atoms with E-state index in [-0.39, 0.29) is 26.8 Å². The van der Waals surface area contributed by atoms with Crippen molar-refractivity contribution in [3.05, 3.63) is 119 Å². The van der Waals surface area contributed by atoms with Crippen LogP contribution < -0.4 is 9.74 Å². The van der Waals surface area contributed by atoms with Crippen molar-refractivity contribution in [3.8, 4) is 22.9 Å². The van der Waals surface area contributed by atoms with E-state index in [1.807, 2.05) is 36.1 Å². The summed E-state index contributed by atoms with van der Waals surface area (Å²) in [5.41, 5.74) is 10.7. The third-order valence-electron chi connectivity index (χ3n) is 10.4. The third-order valence-corrected chi connectivity index (χ3v) is 14.9. The predicted molar refractivity (Wildman–Crippen MR) is 176 cm³/mol. The number of benzene rings is 2. The normalized spacial score (nSPS) is 18.7. The number of aromatic hydroxyl groups is 1. The first-order chi connectivity index (χ1) is 21.5. The van der Waals surface area contributed by atoms with Gasteiger partial charge in [0.05, 0.1) is 13.8 Å². The minimum absolute atomic E-state index is 0. The standard InChI is InChI=1S/C37H39N4O2Si.Pt/c1-25-26(2)41(24-40(25)35-18-28(16-17-38-35)27-10-4-3-5-11-27)43-36-19-31-22-44(20-29-12-6-7-13-30(29)21-44)23-33(31)37(39-36)32-14-8-9-15-34(32)42;/h6-9,12-19,24,27,42H,3-5,10-11,20-23H2,1-2H3;/q-1;. The van der Waals surface area contributed by atoms with Gasteiger partial charge < -0.3 is 19.9 Å². The van der Waals surface area contributed by atoms with E-state index in [4.69, 9.17) is 14.8 Å². The predicted octanol–water partition coefficient (Wildman–Crippen LogP) is 7.88. The fourth-order valence-electron chi connectivity index (χ4n) is 8.05. The molecular weight excluding hydrogens is 756 g/mol. The summed E-state index contributed by atoms with van der Waals surface area (Å²) >= 11 is 0. The van der Waals surface area contributed by atoms with Crippen LogP contribution in [0.4, 0.5) is 5.82 Å². The molecule has 0 saturated heterocycles. The van der Waals surface area contributed by atoms with E-state index in [0.29, 0.717) is 11.8 Å². The first kappa shape index (κ1) is 30.3. The molecule has 8 heteroatoms. The van der Waals surface area contributed by atoms with Crippen molar-refractivity contribution in [2.75, 3.05) is 4.90 Å². The maximum absolute atomic E-state index is 10.9. The van der Waals surface area contributed by atoms with E-state index in [1.54, 1.807) is 6.07 Å². The summed E-state index contributed by atoms with van der Waals surface area (Å²) in [7, 11) is -1.65. The first-order valence-electron chi connectivity index (χ1n) is 16.1. The van der Waals surface area contributed by atoms with Crippen molar-refractivity contribution in [1.82, 2.24) is 15.0 Å². The molecule has 8 rings (SSSR count). The summed E-state index contributed by atoms with van der Waals surface area (Å²) in [4.78, 5) is 18.5. The van der Waals surface area contributed by atoms with Gasteiger partial charge in [0.1, 0.15) is 11.6 Å². The number of phenols is 1. The number of fused-ring (bicyclic) bond motifs is 2. The van der Waals surface area contributed by atoms with E-state index in [1.165, 1.54) is 72.0 Å². The Bertz CT molecular complexity index is 1760. The molecule has 4 aromatic rings. The summed E-state index contributed by atoms with van der Waals surface area (Å²) in [6.07, 6.45) is 8.43. The van der Waals surface area contributed by atoms with Crippen molar-refractivity contribution in [2.45, 2.75) is 76.0 Å². The second kappa shape index (κ2) is 12.1. The molecule has 2 aromatic heterocycles. The molecule has 1 aliphatic carbocycles. The van der Waals surface area contributed by atoms with Crippen LogP contribution >= 0.6 is 0 Å². The average molecular weight is 795 g/mol. The summed E-state index contributed by atoms with van der Waals surface area (Å²) < 4.78 is 0.